The second-order valence-corrected chi connectivity index (χ2v) is 9.28. The molecule has 0 nitrogen and oxygen atoms in total. The van der Waals surface area contributed by atoms with Crippen LogP contribution in [0.1, 0.15) is 60.8 Å². The van der Waals surface area contributed by atoms with Crippen molar-refractivity contribution in [3.05, 3.63) is 107 Å². The Labute approximate surface area is 191 Å². The minimum atomic E-state index is -0.145. The van der Waals surface area contributed by atoms with Crippen LogP contribution in [0.15, 0.2) is 72.8 Å². The second kappa shape index (κ2) is 10.3. The van der Waals surface area contributed by atoms with Gasteiger partial charge in [0.1, 0.15) is 11.6 Å². The molecular formula is C30H32F2. The molecule has 166 valence electrons. The third kappa shape index (κ3) is 5.54. The predicted molar refractivity (Wildman–Crippen MR) is 130 cm³/mol. The van der Waals surface area contributed by atoms with Gasteiger partial charge in [-0.05, 0) is 91.3 Å². The molecule has 0 radical (unpaired) electrons. The quantitative estimate of drug-likeness (QED) is 0.260. The molecule has 2 heteroatoms. The van der Waals surface area contributed by atoms with Crippen LogP contribution < -0.4 is 0 Å². The Hall–Kier alpha value is -2.74. The van der Waals surface area contributed by atoms with Crippen LogP contribution in [0, 0.1) is 24.5 Å². The van der Waals surface area contributed by atoms with E-state index in [0.717, 1.165) is 59.9 Å². The van der Waals surface area contributed by atoms with Crippen molar-refractivity contribution in [1.29, 1.82) is 0 Å². The lowest BCUT2D eigenvalue weighted by atomic mass is 9.84. The van der Waals surface area contributed by atoms with E-state index in [9.17, 15) is 8.78 Å². The molecular weight excluding hydrogens is 398 g/mol. The number of halogens is 2. The predicted octanol–water partition coefficient (Wildman–Crippen LogP) is 8.58. The minimum Gasteiger partial charge on any atom is -0.207 e. The zero-order chi connectivity index (χ0) is 22.5. The van der Waals surface area contributed by atoms with E-state index in [0.29, 0.717) is 12.3 Å². The Balaban J connectivity index is 1.30. The Kier molecular flexibility index (Phi) is 7.19. The average Bonchev–Trinajstić information content (AvgIpc) is 2.79. The molecule has 3 aromatic rings. The van der Waals surface area contributed by atoms with Gasteiger partial charge in [-0.3, -0.25) is 0 Å². The zero-order valence-corrected chi connectivity index (χ0v) is 19.1. The molecule has 1 aliphatic rings. The van der Waals surface area contributed by atoms with Crippen LogP contribution in [0.25, 0.3) is 11.1 Å². The number of rotatable bonds is 7. The fourth-order valence-electron chi connectivity index (χ4n) is 4.56. The monoisotopic (exact) mass is 430 g/mol. The smallest absolute Gasteiger partial charge is 0.127 e. The van der Waals surface area contributed by atoms with Gasteiger partial charge in [0.2, 0.25) is 0 Å². The summed E-state index contributed by atoms with van der Waals surface area (Å²) in [6.07, 6.45) is 9.81. The van der Waals surface area contributed by atoms with Gasteiger partial charge in [0, 0.05) is 5.92 Å². The largest absolute Gasteiger partial charge is 0.207 e. The van der Waals surface area contributed by atoms with Gasteiger partial charge in [0.15, 0.2) is 0 Å². The highest BCUT2D eigenvalue weighted by Gasteiger charge is 2.18. The molecule has 0 spiro atoms. The highest BCUT2D eigenvalue weighted by atomic mass is 19.1. The van der Waals surface area contributed by atoms with Crippen molar-refractivity contribution in [2.75, 3.05) is 0 Å². The van der Waals surface area contributed by atoms with Crippen molar-refractivity contribution in [2.24, 2.45) is 5.92 Å². The molecule has 32 heavy (non-hydrogen) atoms. The van der Waals surface area contributed by atoms with E-state index in [1.807, 2.05) is 49.4 Å². The van der Waals surface area contributed by atoms with Crippen LogP contribution >= 0.6 is 0 Å². The van der Waals surface area contributed by atoms with E-state index in [2.05, 4.69) is 25.1 Å². The molecule has 0 bridgehead atoms. The van der Waals surface area contributed by atoms with Crippen molar-refractivity contribution in [3.8, 4) is 11.1 Å². The molecule has 0 aromatic heterocycles. The molecule has 0 N–H and O–H groups in total. The number of hydrogen-bond donors (Lipinski definition) is 0. The maximum absolute atomic E-state index is 14.7. The van der Waals surface area contributed by atoms with Crippen molar-refractivity contribution in [2.45, 2.75) is 58.3 Å². The first kappa shape index (κ1) is 22.5. The first-order chi connectivity index (χ1) is 15.5. The third-order valence-corrected chi connectivity index (χ3v) is 6.67. The summed E-state index contributed by atoms with van der Waals surface area (Å²) >= 11 is 0. The van der Waals surface area contributed by atoms with Crippen LogP contribution in [-0.4, -0.2) is 0 Å². The Bertz CT molecular complexity index is 1080. The van der Waals surface area contributed by atoms with Crippen LogP contribution in [0.2, 0.25) is 0 Å². The Morgan fingerprint density at radius 3 is 2.19 bits per heavy atom. The Morgan fingerprint density at radius 1 is 0.750 bits per heavy atom. The van der Waals surface area contributed by atoms with Gasteiger partial charge in [-0.25, -0.2) is 8.78 Å². The summed E-state index contributed by atoms with van der Waals surface area (Å²) in [4.78, 5) is 0. The van der Waals surface area contributed by atoms with Gasteiger partial charge in [0.05, 0.1) is 0 Å². The van der Waals surface area contributed by atoms with Gasteiger partial charge >= 0.3 is 0 Å². The SMILES string of the molecule is Cc1ccc(-c2ccc(CCCCc3ccc(C4C=CC(C)CC4)c(F)c3)c(F)c2)cc1. The number of aryl methyl sites for hydroxylation is 3. The molecule has 4 rings (SSSR count). The lowest BCUT2D eigenvalue weighted by molar-refractivity contribution is 0.523. The maximum Gasteiger partial charge on any atom is 0.127 e. The molecule has 0 saturated carbocycles. The van der Waals surface area contributed by atoms with Gasteiger partial charge < -0.3 is 0 Å². The lowest BCUT2D eigenvalue weighted by Crippen LogP contribution is -2.07. The first-order valence-electron chi connectivity index (χ1n) is 11.8. The van der Waals surface area contributed by atoms with Crippen LogP contribution in [0.4, 0.5) is 8.78 Å². The number of allylic oxidation sites excluding steroid dienone is 2. The molecule has 1 aliphatic carbocycles. The summed E-state index contributed by atoms with van der Waals surface area (Å²) < 4.78 is 29.3. The van der Waals surface area contributed by atoms with Crippen molar-refractivity contribution >= 4 is 0 Å². The van der Waals surface area contributed by atoms with E-state index in [1.165, 1.54) is 5.56 Å². The van der Waals surface area contributed by atoms with Crippen LogP contribution in [-0.2, 0) is 12.8 Å². The summed E-state index contributed by atoms with van der Waals surface area (Å²) in [6.45, 7) is 4.25. The van der Waals surface area contributed by atoms with Gasteiger partial charge in [-0.2, -0.15) is 0 Å². The van der Waals surface area contributed by atoms with Crippen molar-refractivity contribution in [3.63, 3.8) is 0 Å². The zero-order valence-electron chi connectivity index (χ0n) is 19.1. The number of benzene rings is 3. The fraction of sp³-hybridized carbons (Fsp3) is 0.333. The van der Waals surface area contributed by atoms with E-state index in [1.54, 1.807) is 12.1 Å². The normalized spacial score (nSPS) is 18.1. The first-order valence-corrected chi connectivity index (χ1v) is 11.8. The third-order valence-electron chi connectivity index (χ3n) is 6.67. The van der Waals surface area contributed by atoms with E-state index < -0.39 is 0 Å². The van der Waals surface area contributed by atoms with E-state index in [4.69, 9.17) is 0 Å². The molecule has 0 fully saturated rings. The lowest BCUT2D eigenvalue weighted by Gasteiger charge is -2.21. The van der Waals surface area contributed by atoms with E-state index in [-0.39, 0.29) is 17.6 Å². The molecule has 0 heterocycles. The topological polar surface area (TPSA) is 0 Å². The standard InChI is InChI=1S/C30H32F2/c1-21-7-12-24(13-8-21)27-17-16-26(29(31)20-27)6-4-3-5-23-11-18-28(30(32)19-23)25-14-9-22(2)10-15-25/h7-9,11-14,16-20,22,25H,3-6,10,15H2,1-2H3. The average molecular weight is 431 g/mol. The Morgan fingerprint density at radius 2 is 1.50 bits per heavy atom. The van der Waals surface area contributed by atoms with Crippen LogP contribution in [0.5, 0.6) is 0 Å². The van der Waals surface area contributed by atoms with Gasteiger partial charge in [-0.15, -0.1) is 0 Å². The summed E-state index contributed by atoms with van der Waals surface area (Å²) in [6, 6.07) is 19.4. The second-order valence-electron chi connectivity index (χ2n) is 9.28. The van der Waals surface area contributed by atoms with Crippen molar-refractivity contribution in [1.82, 2.24) is 0 Å². The number of hydrogen-bond acceptors (Lipinski definition) is 0. The molecule has 2 unspecified atom stereocenters. The maximum atomic E-state index is 14.7. The van der Waals surface area contributed by atoms with Gasteiger partial charge in [-0.1, -0.05) is 73.2 Å². The molecule has 0 aliphatic heterocycles. The molecule has 0 saturated heterocycles. The van der Waals surface area contributed by atoms with Crippen molar-refractivity contribution < 1.29 is 8.78 Å². The highest BCUT2D eigenvalue weighted by molar-refractivity contribution is 5.64. The minimum absolute atomic E-state index is 0.0931. The van der Waals surface area contributed by atoms with E-state index >= 15 is 0 Å². The summed E-state index contributed by atoms with van der Waals surface area (Å²) in [5.74, 6) is 0.557. The molecule has 0 amide bonds. The van der Waals surface area contributed by atoms with Gasteiger partial charge in [0.25, 0.3) is 0 Å². The summed E-state index contributed by atoms with van der Waals surface area (Å²) in [7, 11) is 0. The highest BCUT2D eigenvalue weighted by Crippen LogP contribution is 2.32. The van der Waals surface area contributed by atoms with Crippen LogP contribution in [0.3, 0.4) is 0 Å². The summed E-state index contributed by atoms with van der Waals surface area (Å²) in [5.41, 5.74) is 5.72. The molecule has 3 aromatic carbocycles. The fourth-order valence-corrected chi connectivity index (χ4v) is 4.56. The summed E-state index contributed by atoms with van der Waals surface area (Å²) in [5, 5.41) is 0. The molecule has 2 atom stereocenters. The number of unbranched alkanes of at least 4 members (excludes halogenated alkanes) is 1.